The molecule has 5 nitrogen and oxygen atoms in total. The van der Waals surface area contributed by atoms with Crippen molar-refractivity contribution in [3.63, 3.8) is 0 Å². The Kier molecular flexibility index (Phi) is 5.92. The standard InChI is InChI=1S/C47H37N5/c1-29-18-22-32(23-19-29)51-41-16-10-12-33(45(41)50-46(51)37-14-9-13-36-34-11-5-6-15-39(34)49-44(36)37)30-20-24-35-38-28-31(47(2,3)4)21-25-40(38)52(42(35)27-30)43-17-7-8-26-48-43/h5-28,49H,1-4H3/i1D3. The van der Waals surface area contributed by atoms with Crippen LogP contribution in [0.4, 0.5) is 0 Å². The van der Waals surface area contributed by atoms with E-state index in [4.69, 9.17) is 14.1 Å². The quantitative estimate of drug-likeness (QED) is 0.202. The molecule has 5 heteroatoms. The summed E-state index contributed by atoms with van der Waals surface area (Å²) in [7, 11) is 0. The van der Waals surface area contributed by atoms with Crippen LogP contribution in [0.3, 0.4) is 0 Å². The minimum atomic E-state index is -2.20. The van der Waals surface area contributed by atoms with Gasteiger partial charge in [0.15, 0.2) is 0 Å². The van der Waals surface area contributed by atoms with Gasteiger partial charge in [-0.25, -0.2) is 9.97 Å². The fourth-order valence-corrected chi connectivity index (χ4v) is 7.83. The smallest absolute Gasteiger partial charge is 0.147 e. The number of imidazole rings is 1. The lowest BCUT2D eigenvalue weighted by Crippen LogP contribution is -2.10. The number of aromatic amines is 1. The van der Waals surface area contributed by atoms with E-state index in [1.54, 1.807) is 12.1 Å². The van der Waals surface area contributed by atoms with Crippen LogP contribution in [-0.2, 0) is 5.41 Å². The Morgan fingerprint density at radius 3 is 2.25 bits per heavy atom. The number of hydrogen-bond acceptors (Lipinski definition) is 2. The normalized spacial score (nSPS) is 13.3. The summed E-state index contributed by atoms with van der Waals surface area (Å²) in [5, 5.41) is 4.62. The summed E-state index contributed by atoms with van der Waals surface area (Å²) in [6.07, 6.45) is 1.84. The molecule has 0 amide bonds. The van der Waals surface area contributed by atoms with E-state index in [-0.39, 0.29) is 5.41 Å². The molecule has 1 N–H and O–H groups in total. The largest absolute Gasteiger partial charge is 0.354 e. The molecule has 0 radical (unpaired) electrons. The molecule has 0 aliphatic carbocycles. The van der Waals surface area contributed by atoms with Gasteiger partial charge in [-0.2, -0.15) is 0 Å². The van der Waals surface area contributed by atoms with Crippen molar-refractivity contribution in [1.82, 2.24) is 24.1 Å². The third-order valence-corrected chi connectivity index (χ3v) is 10.4. The number of fused-ring (bicyclic) bond motifs is 7. The van der Waals surface area contributed by atoms with Crippen LogP contribution in [0.25, 0.3) is 88.7 Å². The van der Waals surface area contributed by atoms with Gasteiger partial charge in [0.1, 0.15) is 11.6 Å². The van der Waals surface area contributed by atoms with E-state index in [1.807, 2.05) is 36.5 Å². The number of H-pyrrole nitrogens is 1. The molecular formula is C47H37N5. The number of benzene rings is 6. The summed E-state index contributed by atoms with van der Waals surface area (Å²) in [5.74, 6) is 1.62. The molecule has 0 aliphatic heterocycles. The molecule has 0 aliphatic rings. The molecule has 4 heterocycles. The summed E-state index contributed by atoms with van der Waals surface area (Å²) in [4.78, 5) is 14.0. The predicted octanol–water partition coefficient (Wildman–Crippen LogP) is 12.1. The molecule has 6 aromatic carbocycles. The lowest BCUT2D eigenvalue weighted by atomic mass is 9.86. The van der Waals surface area contributed by atoms with E-state index in [0.29, 0.717) is 5.56 Å². The van der Waals surface area contributed by atoms with Gasteiger partial charge in [0.25, 0.3) is 0 Å². The van der Waals surface area contributed by atoms with Crippen molar-refractivity contribution >= 4 is 54.6 Å². The monoisotopic (exact) mass is 674 g/mol. The molecule has 250 valence electrons. The fourth-order valence-electron chi connectivity index (χ4n) is 7.83. The van der Waals surface area contributed by atoms with Crippen LogP contribution in [0.15, 0.2) is 146 Å². The maximum absolute atomic E-state index is 8.00. The summed E-state index contributed by atoms with van der Waals surface area (Å²) >= 11 is 0. The maximum Gasteiger partial charge on any atom is 0.147 e. The highest BCUT2D eigenvalue weighted by molar-refractivity contribution is 6.13. The average Bonchev–Trinajstić information content (AvgIpc) is 3.87. The van der Waals surface area contributed by atoms with Gasteiger partial charge in [0, 0.05) is 54.2 Å². The molecule has 0 saturated heterocycles. The number of nitrogens with zero attached hydrogens (tertiary/aromatic N) is 4. The number of pyridine rings is 1. The molecule has 0 unspecified atom stereocenters. The van der Waals surface area contributed by atoms with Crippen molar-refractivity contribution in [3.05, 3.63) is 157 Å². The van der Waals surface area contributed by atoms with Crippen LogP contribution in [0.1, 0.15) is 36.0 Å². The summed E-state index contributed by atoms with van der Waals surface area (Å²) < 4.78 is 28.4. The molecule has 0 bridgehead atoms. The van der Waals surface area contributed by atoms with Crippen LogP contribution >= 0.6 is 0 Å². The van der Waals surface area contributed by atoms with Gasteiger partial charge >= 0.3 is 0 Å². The minimum Gasteiger partial charge on any atom is -0.354 e. The Bertz CT molecular complexity index is 3100. The predicted molar refractivity (Wildman–Crippen MR) is 217 cm³/mol. The Morgan fingerprint density at radius 2 is 1.42 bits per heavy atom. The number of hydrogen-bond donors (Lipinski definition) is 1. The van der Waals surface area contributed by atoms with Crippen molar-refractivity contribution in [2.24, 2.45) is 0 Å². The highest BCUT2D eigenvalue weighted by Crippen LogP contribution is 2.41. The highest BCUT2D eigenvalue weighted by atomic mass is 15.1. The van der Waals surface area contributed by atoms with Crippen molar-refractivity contribution in [2.75, 3.05) is 0 Å². The highest BCUT2D eigenvalue weighted by Gasteiger charge is 2.22. The SMILES string of the molecule is [2H]C([2H])([2H])c1ccc(-n2c(-c3cccc4c3[nH]c3ccccc34)nc3c(-c4ccc5c6cc(C(C)(C)C)ccc6n(-c6ccccn6)c5c4)cccc32)cc1. The van der Waals surface area contributed by atoms with Gasteiger partial charge in [-0.05, 0) is 84.1 Å². The molecule has 0 atom stereocenters. The molecular weight excluding hydrogens is 635 g/mol. The lowest BCUT2D eigenvalue weighted by molar-refractivity contribution is 0.591. The molecule has 0 fully saturated rings. The lowest BCUT2D eigenvalue weighted by Gasteiger charge is -2.19. The second-order valence-corrected chi connectivity index (χ2v) is 14.6. The maximum atomic E-state index is 8.00. The van der Waals surface area contributed by atoms with E-state index < -0.39 is 6.85 Å². The summed E-state index contributed by atoms with van der Waals surface area (Å²) in [6, 6.07) is 47.6. The first kappa shape index (κ1) is 27.3. The van der Waals surface area contributed by atoms with Gasteiger partial charge in [0.2, 0.25) is 0 Å². The van der Waals surface area contributed by atoms with E-state index in [9.17, 15) is 0 Å². The van der Waals surface area contributed by atoms with Gasteiger partial charge in [0.05, 0.1) is 27.6 Å². The van der Waals surface area contributed by atoms with E-state index in [2.05, 4.69) is 132 Å². The molecule has 52 heavy (non-hydrogen) atoms. The van der Waals surface area contributed by atoms with Crippen LogP contribution in [0.2, 0.25) is 0 Å². The molecule has 10 rings (SSSR count). The van der Waals surface area contributed by atoms with Gasteiger partial charge in [-0.3, -0.25) is 9.13 Å². The number of aryl methyl sites for hydroxylation is 1. The first-order valence-electron chi connectivity index (χ1n) is 19.2. The molecule has 0 saturated carbocycles. The van der Waals surface area contributed by atoms with Crippen molar-refractivity contribution < 1.29 is 4.11 Å². The summed E-state index contributed by atoms with van der Waals surface area (Å²) in [5.41, 5.74) is 11.4. The van der Waals surface area contributed by atoms with E-state index in [0.717, 1.165) is 83.3 Å². The molecule has 0 spiro atoms. The zero-order valence-electron chi connectivity index (χ0n) is 32.1. The Labute approximate surface area is 306 Å². The Balaban J connectivity index is 1.24. The first-order valence-corrected chi connectivity index (χ1v) is 17.7. The Hall–Kier alpha value is -6.46. The minimum absolute atomic E-state index is 0.00394. The van der Waals surface area contributed by atoms with Crippen LogP contribution in [0.5, 0.6) is 0 Å². The molecule has 4 aromatic heterocycles. The van der Waals surface area contributed by atoms with E-state index >= 15 is 0 Å². The summed E-state index contributed by atoms with van der Waals surface area (Å²) in [6.45, 7) is 4.54. The third kappa shape index (κ3) is 4.62. The van der Waals surface area contributed by atoms with Crippen molar-refractivity contribution in [2.45, 2.75) is 33.0 Å². The van der Waals surface area contributed by atoms with Crippen LogP contribution < -0.4 is 0 Å². The first-order chi connectivity index (χ1) is 26.5. The van der Waals surface area contributed by atoms with Crippen molar-refractivity contribution in [3.8, 4) is 34.0 Å². The van der Waals surface area contributed by atoms with Crippen LogP contribution in [-0.4, -0.2) is 24.1 Å². The number of rotatable bonds is 4. The number of nitrogens with one attached hydrogen (secondary N) is 1. The fraction of sp³-hybridized carbons (Fsp3) is 0.106. The van der Waals surface area contributed by atoms with Gasteiger partial charge in [-0.15, -0.1) is 0 Å². The number of aromatic nitrogens is 5. The second-order valence-electron chi connectivity index (χ2n) is 14.6. The Morgan fingerprint density at radius 1 is 0.615 bits per heavy atom. The van der Waals surface area contributed by atoms with Crippen molar-refractivity contribution in [1.29, 1.82) is 0 Å². The second kappa shape index (κ2) is 11.3. The van der Waals surface area contributed by atoms with Crippen LogP contribution in [0, 0.1) is 6.85 Å². The third-order valence-electron chi connectivity index (χ3n) is 10.4. The average molecular weight is 675 g/mol. The molecule has 10 aromatic rings. The van der Waals surface area contributed by atoms with Gasteiger partial charge < -0.3 is 4.98 Å². The topological polar surface area (TPSA) is 51.4 Å². The zero-order chi connectivity index (χ0) is 37.6. The number of para-hydroxylation sites is 3. The van der Waals surface area contributed by atoms with E-state index in [1.165, 1.54) is 10.9 Å². The van der Waals surface area contributed by atoms with Gasteiger partial charge in [-0.1, -0.05) is 105 Å². The zero-order valence-corrected chi connectivity index (χ0v) is 29.1.